The molecule has 154 valence electrons. The Kier molecular flexibility index (Phi) is 11.9. The van der Waals surface area contributed by atoms with Crippen LogP contribution in [0.2, 0.25) is 0 Å². The van der Waals surface area contributed by atoms with Gasteiger partial charge in [0.05, 0.1) is 13.2 Å². The van der Waals surface area contributed by atoms with Crippen molar-refractivity contribution in [3.05, 3.63) is 0 Å². The second-order valence-electron chi connectivity index (χ2n) is 7.40. The largest absolute Gasteiger partial charge is 0.464 e. The zero-order valence-corrected chi connectivity index (χ0v) is 17.6. The molecule has 0 radical (unpaired) electrons. The molecule has 27 heavy (non-hydrogen) atoms. The Hall–Kier alpha value is -1.50. The maximum absolute atomic E-state index is 12.9. The summed E-state index contributed by atoms with van der Waals surface area (Å²) in [5.41, 5.74) is -1.45. The SMILES string of the molecule is CCCCCCCCC#CC(C(=O)OCC)(C(=O)OCC)C1CCCCC1. The van der Waals surface area contributed by atoms with E-state index in [2.05, 4.69) is 18.8 Å². The molecule has 0 unspecified atom stereocenters. The number of carbonyl (C=O) groups is 2. The number of unbranched alkanes of at least 4 members (excludes halogenated alkanes) is 6. The third-order valence-electron chi connectivity index (χ3n) is 5.35. The Bertz CT molecular complexity index is 476. The number of hydrogen-bond acceptors (Lipinski definition) is 4. The molecule has 0 saturated heterocycles. The normalized spacial score (nSPS) is 14.9. The molecule has 1 saturated carbocycles. The van der Waals surface area contributed by atoms with Gasteiger partial charge in [-0.2, -0.15) is 0 Å². The molecule has 0 heterocycles. The fourth-order valence-electron chi connectivity index (χ4n) is 3.84. The molecule has 4 heteroatoms. The topological polar surface area (TPSA) is 52.6 Å². The number of ether oxygens (including phenoxy) is 2. The average molecular weight is 379 g/mol. The van der Waals surface area contributed by atoms with Gasteiger partial charge in [0, 0.05) is 6.42 Å². The number of carbonyl (C=O) groups excluding carboxylic acids is 2. The first-order chi connectivity index (χ1) is 13.1. The highest BCUT2D eigenvalue weighted by atomic mass is 16.6. The van der Waals surface area contributed by atoms with Gasteiger partial charge >= 0.3 is 11.9 Å². The van der Waals surface area contributed by atoms with E-state index in [-0.39, 0.29) is 19.1 Å². The molecule has 1 aliphatic carbocycles. The first-order valence-electron chi connectivity index (χ1n) is 11.0. The van der Waals surface area contributed by atoms with Crippen LogP contribution in [0, 0.1) is 23.2 Å². The molecule has 0 N–H and O–H groups in total. The quantitative estimate of drug-likeness (QED) is 0.208. The van der Waals surface area contributed by atoms with Crippen LogP contribution in [0.15, 0.2) is 0 Å². The summed E-state index contributed by atoms with van der Waals surface area (Å²) in [6.07, 6.45) is 12.7. The summed E-state index contributed by atoms with van der Waals surface area (Å²) in [5, 5.41) is 0. The maximum Gasteiger partial charge on any atom is 0.336 e. The predicted molar refractivity (Wildman–Crippen MR) is 108 cm³/mol. The Labute approximate surface area is 165 Å². The first-order valence-corrected chi connectivity index (χ1v) is 11.0. The van der Waals surface area contributed by atoms with E-state index in [9.17, 15) is 9.59 Å². The lowest BCUT2D eigenvalue weighted by molar-refractivity contribution is -0.172. The summed E-state index contributed by atoms with van der Waals surface area (Å²) in [6, 6.07) is 0. The van der Waals surface area contributed by atoms with Crippen molar-refractivity contribution in [2.45, 2.75) is 97.8 Å². The van der Waals surface area contributed by atoms with E-state index in [0.29, 0.717) is 6.42 Å². The molecule has 0 aliphatic heterocycles. The minimum Gasteiger partial charge on any atom is -0.464 e. The van der Waals surface area contributed by atoms with Crippen LogP contribution in [-0.4, -0.2) is 25.2 Å². The van der Waals surface area contributed by atoms with Crippen LogP contribution >= 0.6 is 0 Å². The predicted octanol–water partition coefficient (Wildman–Crippen LogP) is 5.43. The van der Waals surface area contributed by atoms with Gasteiger partial charge in [0.1, 0.15) is 0 Å². The lowest BCUT2D eigenvalue weighted by atomic mass is 9.68. The van der Waals surface area contributed by atoms with Crippen molar-refractivity contribution in [1.29, 1.82) is 0 Å². The molecule has 1 aliphatic rings. The van der Waals surface area contributed by atoms with E-state index >= 15 is 0 Å². The van der Waals surface area contributed by atoms with Gasteiger partial charge in [0.25, 0.3) is 0 Å². The van der Waals surface area contributed by atoms with E-state index in [1.807, 2.05) is 0 Å². The summed E-state index contributed by atoms with van der Waals surface area (Å²) < 4.78 is 10.6. The van der Waals surface area contributed by atoms with Gasteiger partial charge in [0.15, 0.2) is 0 Å². The summed E-state index contributed by atoms with van der Waals surface area (Å²) >= 11 is 0. The van der Waals surface area contributed by atoms with Crippen LogP contribution in [0.1, 0.15) is 97.8 Å². The molecule has 0 aromatic heterocycles. The number of esters is 2. The van der Waals surface area contributed by atoms with Crippen molar-refractivity contribution in [3.63, 3.8) is 0 Å². The van der Waals surface area contributed by atoms with Crippen LogP contribution < -0.4 is 0 Å². The molecular formula is C23H38O4. The highest BCUT2D eigenvalue weighted by Gasteiger charge is 2.54. The van der Waals surface area contributed by atoms with E-state index in [1.54, 1.807) is 13.8 Å². The highest BCUT2D eigenvalue weighted by molar-refractivity contribution is 6.04. The number of rotatable bonds is 11. The second-order valence-corrected chi connectivity index (χ2v) is 7.40. The van der Waals surface area contributed by atoms with Crippen molar-refractivity contribution < 1.29 is 19.1 Å². The third kappa shape index (κ3) is 7.20. The van der Waals surface area contributed by atoms with Crippen molar-refractivity contribution in [1.82, 2.24) is 0 Å². The van der Waals surface area contributed by atoms with Crippen molar-refractivity contribution >= 4 is 11.9 Å². The second kappa shape index (κ2) is 13.6. The lowest BCUT2D eigenvalue weighted by Crippen LogP contribution is -2.47. The first kappa shape index (κ1) is 23.5. The fraction of sp³-hybridized carbons (Fsp3) is 0.826. The van der Waals surface area contributed by atoms with Gasteiger partial charge in [-0.15, -0.1) is 5.92 Å². The fourth-order valence-corrected chi connectivity index (χ4v) is 3.84. The molecule has 0 bridgehead atoms. The average Bonchev–Trinajstić information content (AvgIpc) is 2.68. The third-order valence-corrected chi connectivity index (χ3v) is 5.35. The monoisotopic (exact) mass is 378 g/mol. The van der Waals surface area contributed by atoms with Crippen molar-refractivity contribution in [2.24, 2.45) is 11.3 Å². The number of hydrogen-bond donors (Lipinski definition) is 0. The molecule has 0 atom stereocenters. The van der Waals surface area contributed by atoms with Crippen LogP contribution in [0.25, 0.3) is 0 Å². The van der Waals surface area contributed by atoms with E-state index in [1.165, 1.54) is 25.7 Å². The minimum atomic E-state index is -1.45. The van der Waals surface area contributed by atoms with Crippen LogP contribution in [0.4, 0.5) is 0 Å². The summed E-state index contributed by atoms with van der Waals surface area (Å²) in [4.78, 5) is 25.8. The molecule has 0 aromatic carbocycles. The van der Waals surface area contributed by atoms with E-state index in [4.69, 9.17) is 9.47 Å². The van der Waals surface area contributed by atoms with Gasteiger partial charge in [-0.1, -0.05) is 64.2 Å². The minimum absolute atomic E-state index is 0.110. The summed E-state index contributed by atoms with van der Waals surface area (Å²) in [5.74, 6) is 5.06. The maximum atomic E-state index is 12.9. The van der Waals surface area contributed by atoms with Gasteiger partial charge in [-0.25, -0.2) is 9.59 Å². The molecule has 0 aromatic rings. The zero-order valence-electron chi connectivity index (χ0n) is 17.6. The summed E-state index contributed by atoms with van der Waals surface area (Å²) in [7, 11) is 0. The van der Waals surface area contributed by atoms with Crippen LogP contribution in [-0.2, 0) is 19.1 Å². The molecule has 0 spiro atoms. The Morgan fingerprint density at radius 2 is 1.41 bits per heavy atom. The Morgan fingerprint density at radius 3 is 1.96 bits per heavy atom. The summed E-state index contributed by atoms with van der Waals surface area (Å²) in [6.45, 7) is 6.22. The molecule has 4 nitrogen and oxygen atoms in total. The molecular weight excluding hydrogens is 340 g/mol. The van der Waals surface area contributed by atoms with Crippen LogP contribution in [0.5, 0.6) is 0 Å². The molecule has 1 rings (SSSR count). The standard InChI is InChI=1S/C23H38O4/c1-4-7-8-9-10-11-12-16-19-23(21(24)26-5-2,22(25)27-6-3)20-17-14-13-15-18-20/h20H,4-15,17-18H2,1-3H3. The Balaban J connectivity index is 2.92. The van der Waals surface area contributed by atoms with E-state index < -0.39 is 17.4 Å². The van der Waals surface area contributed by atoms with Gasteiger partial charge in [-0.05, 0) is 39.0 Å². The highest BCUT2D eigenvalue weighted by Crippen LogP contribution is 2.40. The van der Waals surface area contributed by atoms with E-state index in [0.717, 1.165) is 44.9 Å². The zero-order chi connectivity index (χ0) is 20.0. The smallest absolute Gasteiger partial charge is 0.336 e. The van der Waals surface area contributed by atoms with Crippen molar-refractivity contribution in [2.75, 3.05) is 13.2 Å². The van der Waals surface area contributed by atoms with Crippen molar-refractivity contribution in [3.8, 4) is 11.8 Å². The van der Waals surface area contributed by atoms with Crippen LogP contribution in [0.3, 0.4) is 0 Å². The van der Waals surface area contributed by atoms with Gasteiger partial charge in [-0.3, -0.25) is 0 Å². The van der Waals surface area contributed by atoms with Gasteiger partial charge in [0.2, 0.25) is 5.41 Å². The Morgan fingerprint density at radius 1 is 0.852 bits per heavy atom. The molecule has 1 fully saturated rings. The van der Waals surface area contributed by atoms with Gasteiger partial charge < -0.3 is 9.47 Å². The lowest BCUT2D eigenvalue weighted by Gasteiger charge is -2.34. The molecule has 0 amide bonds.